The molecule has 0 radical (unpaired) electrons. The van der Waals surface area contributed by atoms with Crippen LogP contribution < -0.4 is 11.1 Å². The molecule has 3 N–H and O–H groups in total. The van der Waals surface area contributed by atoms with Gasteiger partial charge in [0.2, 0.25) is 5.91 Å². The first-order chi connectivity index (χ1) is 7.62. The molecule has 0 aromatic heterocycles. The molecule has 17 heavy (non-hydrogen) atoms. The number of carbonyl (C=O) groups is 1. The molecule has 98 valence electrons. The molecule has 1 atom stereocenters. The van der Waals surface area contributed by atoms with Crippen LogP contribution in [0.25, 0.3) is 0 Å². The van der Waals surface area contributed by atoms with E-state index in [4.69, 9.17) is 5.73 Å². The van der Waals surface area contributed by atoms with Crippen molar-refractivity contribution in [2.24, 2.45) is 28.4 Å². The van der Waals surface area contributed by atoms with Crippen LogP contribution in [0.1, 0.15) is 47.5 Å². The summed E-state index contributed by atoms with van der Waals surface area (Å²) in [6.45, 7) is 11.7. The van der Waals surface area contributed by atoms with Gasteiger partial charge in [0.05, 0.1) is 5.54 Å². The maximum Gasteiger partial charge on any atom is 0.240 e. The molecule has 0 bridgehead atoms. The van der Waals surface area contributed by atoms with Gasteiger partial charge in [-0.3, -0.25) is 4.79 Å². The molecule has 2 saturated carbocycles. The standard InChI is InChI=1S/C14H26N2O/c1-12(2)10(13(12,3)4)8-16-11(17)14(5,15)9-6-7-9/h9-10H,6-8,15H2,1-5H3,(H,16,17). The van der Waals surface area contributed by atoms with Gasteiger partial charge in [-0.25, -0.2) is 0 Å². The number of rotatable bonds is 4. The smallest absolute Gasteiger partial charge is 0.240 e. The van der Waals surface area contributed by atoms with E-state index >= 15 is 0 Å². The molecule has 2 rings (SSSR count). The van der Waals surface area contributed by atoms with Crippen molar-refractivity contribution in [1.82, 2.24) is 5.32 Å². The van der Waals surface area contributed by atoms with Crippen molar-refractivity contribution < 1.29 is 4.79 Å². The van der Waals surface area contributed by atoms with Crippen LogP contribution in [0.4, 0.5) is 0 Å². The molecular weight excluding hydrogens is 212 g/mol. The summed E-state index contributed by atoms with van der Waals surface area (Å²) in [4.78, 5) is 12.1. The molecule has 0 saturated heterocycles. The van der Waals surface area contributed by atoms with Gasteiger partial charge in [0, 0.05) is 6.54 Å². The lowest BCUT2D eigenvalue weighted by Gasteiger charge is -2.23. The lowest BCUT2D eigenvalue weighted by molar-refractivity contribution is -0.126. The molecule has 1 unspecified atom stereocenters. The fourth-order valence-corrected chi connectivity index (χ4v) is 3.10. The Morgan fingerprint density at radius 3 is 2.12 bits per heavy atom. The van der Waals surface area contributed by atoms with Gasteiger partial charge in [-0.2, -0.15) is 0 Å². The van der Waals surface area contributed by atoms with Crippen LogP contribution in [0.15, 0.2) is 0 Å². The largest absolute Gasteiger partial charge is 0.354 e. The highest BCUT2D eigenvalue weighted by Gasteiger charge is 2.64. The summed E-state index contributed by atoms with van der Waals surface area (Å²) in [5, 5.41) is 3.05. The van der Waals surface area contributed by atoms with Crippen LogP contribution in [-0.4, -0.2) is 18.0 Å². The van der Waals surface area contributed by atoms with Crippen LogP contribution in [-0.2, 0) is 4.79 Å². The first-order valence-corrected chi connectivity index (χ1v) is 6.69. The molecule has 3 heteroatoms. The van der Waals surface area contributed by atoms with Gasteiger partial charge in [0.25, 0.3) is 0 Å². The zero-order valence-electron chi connectivity index (χ0n) is 11.8. The Morgan fingerprint density at radius 1 is 1.29 bits per heavy atom. The molecule has 0 aromatic rings. The quantitative estimate of drug-likeness (QED) is 0.786. The maximum atomic E-state index is 12.1. The number of carbonyl (C=O) groups excluding carboxylic acids is 1. The summed E-state index contributed by atoms with van der Waals surface area (Å²) in [5.41, 5.74) is 6.08. The molecule has 2 aliphatic rings. The fraction of sp³-hybridized carbons (Fsp3) is 0.929. The summed E-state index contributed by atoms with van der Waals surface area (Å²) in [7, 11) is 0. The van der Waals surface area contributed by atoms with E-state index in [1.54, 1.807) is 0 Å². The second kappa shape index (κ2) is 3.47. The number of amides is 1. The zero-order chi connectivity index (χ0) is 13.1. The van der Waals surface area contributed by atoms with E-state index < -0.39 is 5.54 Å². The molecule has 2 aliphatic carbocycles. The second-order valence-corrected chi connectivity index (χ2v) is 7.26. The first-order valence-electron chi connectivity index (χ1n) is 6.69. The highest BCUT2D eigenvalue weighted by Crippen LogP contribution is 2.67. The van der Waals surface area contributed by atoms with E-state index in [-0.39, 0.29) is 5.91 Å². The molecular formula is C14H26N2O. The number of hydrogen-bond donors (Lipinski definition) is 2. The van der Waals surface area contributed by atoms with Gasteiger partial charge < -0.3 is 11.1 Å². The third kappa shape index (κ3) is 1.88. The van der Waals surface area contributed by atoms with E-state index in [1.807, 2.05) is 6.92 Å². The van der Waals surface area contributed by atoms with Gasteiger partial charge in [-0.15, -0.1) is 0 Å². The summed E-state index contributed by atoms with van der Waals surface area (Å²) in [5.74, 6) is 0.982. The Hall–Kier alpha value is -0.570. The molecule has 2 fully saturated rings. The van der Waals surface area contributed by atoms with E-state index in [1.165, 1.54) is 0 Å². The normalized spacial score (nSPS) is 29.5. The molecule has 0 aromatic carbocycles. The molecule has 0 aliphatic heterocycles. The Balaban J connectivity index is 1.86. The predicted molar refractivity (Wildman–Crippen MR) is 69.4 cm³/mol. The number of hydrogen-bond acceptors (Lipinski definition) is 2. The van der Waals surface area contributed by atoms with E-state index in [9.17, 15) is 4.79 Å². The minimum absolute atomic E-state index is 0.0264. The Labute approximate surface area is 105 Å². The molecule has 3 nitrogen and oxygen atoms in total. The van der Waals surface area contributed by atoms with Crippen molar-refractivity contribution >= 4 is 5.91 Å². The average molecular weight is 238 g/mol. The minimum Gasteiger partial charge on any atom is -0.354 e. The molecule has 0 heterocycles. The number of nitrogens with one attached hydrogen (secondary N) is 1. The van der Waals surface area contributed by atoms with Crippen LogP contribution in [0.2, 0.25) is 0 Å². The highest BCUT2D eigenvalue weighted by atomic mass is 16.2. The van der Waals surface area contributed by atoms with Crippen molar-refractivity contribution in [1.29, 1.82) is 0 Å². The van der Waals surface area contributed by atoms with Crippen LogP contribution >= 0.6 is 0 Å². The van der Waals surface area contributed by atoms with Gasteiger partial charge in [-0.05, 0) is 42.4 Å². The molecule has 0 spiro atoms. The van der Waals surface area contributed by atoms with Crippen molar-refractivity contribution in [3.8, 4) is 0 Å². The molecule has 1 amide bonds. The average Bonchev–Trinajstić information content (AvgIpc) is 3.04. The summed E-state index contributed by atoms with van der Waals surface area (Å²) < 4.78 is 0. The predicted octanol–water partition coefficient (Wildman–Crippen LogP) is 1.91. The van der Waals surface area contributed by atoms with Gasteiger partial charge in [0.1, 0.15) is 0 Å². The van der Waals surface area contributed by atoms with Gasteiger partial charge in [-0.1, -0.05) is 27.7 Å². The Bertz CT molecular complexity index is 326. The van der Waals surface area contributed by atoms with Crippen LogP contribution in [0, 0.1) is 22.7 Å². The van der Waals surface area contributed by atoms with Crippen LogP contribution in [0.3, 0.4) is 0 Å². The fourth-order valence-electron chi connectivity index (χ4n) is 3.10. The second-order valence-electron chi connectivity index (χ2n) is 7.26. The Kier molecular flexibility index (Phi) is 2.63. The topological polar surface area (TPSA) is 55.1 Å². The summed E-state index contributed by atoms with van der Waals surface area (Å²) >= 11 is 0. The minimum atomic E-state index is -0.664. The van der Waals surface area contributed by atoms with E-state index in [0.29, 0.717) is 22.7 Å². The van der Waals surface area contributed by atoms with Crippen molar-refractivity contribution in [2.45, 2.75) is 53.0 Å². The van der Waals surface area contributed by atoms with E-state index in [2.05, 4.69) is 33.0 Å². The SMILES string of the molecule is CC(N)(C(=O)NCC1C(C)(C)C1(C)C)C1CC1. The third-order valence-electron chi connectivity index (χ3n) is 5.70. The number of nitrogens with two attached hydrogens (primary N) is 1. The highest BCUT2D eigenvalue weighted by molar-refractivity contribution is 5.86. The Morgan fingerprint density at radius 2 is 1.76 bits per heavy atom. The lowest BCUT2D eigenvalue weighted by atomic mass is 9.96. The van der Waals surface area contributed by atoms with E-state index in [0.717, 1.165) is 19.4 Å². The summed E-state index contributed by atoms with van der Waals surface area (Å²) in [6.07, 6.45) is 2.20. The van der Waals surface area contributed by atoms with Gasteiger partial charge >= 0.3 is 0 Å². The van der Waals surface area contributed by atoms with Crippen molar-refractivity contribution in [2.75, 3.05) is 6.54 Å². The van der Waals surface area contributed by atoms with Gasteiger partial charge in [0.15, 0.2) is 0 Å². The zero-order valence-corrected chi connectivity index (χ0v) is 11.8. The lowest BCUT2D eigenvalue weighted by Crippen LogP contribution is -2.53. The monoisotopic (exact) mass is 238 g/mol. The van der Waals surface area contributed by atoms with Crippen LogP contribution in [0.5, 0.6) is 0 Å². The first kappa shape index (κ1) is 12.9. The summed E-state index contributed by atoms with van der Waals surface area (Å²) in [6, 6.07) is 0. The third-order valence-corrected chi connectivity index (χ3v) is 5.70. The maximum absolute atomic E-state index is 12.1. The van der Waals surface area contributed by atoms with Crippen molar-refractivity contribution in [3.05, 3.63) is 0 Å². The van der Waals surface area contributed by atoms with Crippen molar-refractivity contribution in [3.63, 3.8) is 0 Å².